The third-order valence-electron chi connectivity index (χ3n) is 3.81. The zero-order valence-corrected chi connectivity index (χ0v) is 12.3. The Balaban J connectivity index is 2.46. The molecule has 0 amide bonds. The molecular weight excluding hydrogens is 286 g/mol. The Morgan fingerprint density at radius 3 is 2.22 bits per heavy atom. The van der Waals surface area contributed by atoms with E-state index >= 15 is 0 Å². The second kappa shape index (κ2) is 6.06. The van der Waals surface area contributed by atoms with Gasteiger partial charge in [0.2, 0.25) is 0 Å². The predicted octanol–water partition coefficient (Wildman–Crippen LogP) is 2.03. The quantitative estimate of drug-likeness (QED) is 0.763. The molecule has 0 unspecified atom stereocenters. The van der Waals surface area contributed by atoms with Crippen molar-refractivity contribution in [3.63, 3.8) is 0 Å². The summed E-state index contributed by atoms with van der Waals surface area (Å²) in [5.74, 6) is -0.150. The molecule has 110 valence electrons. The van der Waals surface area contributed by atoms with E-state index in [4.69, 9.17) is 0 Å². The molecule has 0 bridgehead atoms. The molecule has 1 N–H and O–H groups in total. The summed E-state index contributed by atoms with van der Waals surface area (Å²) in [6.07, 6.45) is 1.68. The minimum atomic E-state index is -4.49. The van der Waals surface area contributed by atoms with Gasteiger partial charge in [0.15, 0.2) is 0 Å². The van der Waals surface area contributed by atoms with Crippen molar-refractivity contribution in [2.45, 2.75) is 25.9 Å². The third kappa shape index (κ3) is 5.41. The summed E-state index contributed by atoms with van der Waals surface area (Å²) in [5.41, 5.74) is 0. The number of halogens is 3. The first kappa shape index (κ1) is 16.2. The number of alkyl halides is 3. The summed E-state index contributed by atoms with van der Waals surface area (Å²) in [6.45, 7) is 0.614. The Hall–Kier alpha value is 0.130. The van der Waals surface area contributed by atoms with Gasteiger partial charge in [-0.15, -0.1) is 0 Å². The number of hydrogen-bond acceptors (Lipinski definition) is 2. The Labute approximate surface area is 107 Å². The van der Waals surface area contributed by atoms with Crippen LogP contribution in [0.1, 0.15) is 19.8 Å². The Bertz CT molecular complexity index is 364. The molecule has 0 aromatic carbocycles. The van der Waals surface area contributed by atoms with Crippen molar-refractivity contribution in [2.75, 3.05) is 36.9 Å². The molecule has 0 aromatic rings. The van der Waals surface area contributed by atoms with Crippen LogP contribution in [0.15, 0.2) is 0 Å². The second-order valence-corrected chi connectivity index (χ2v) is 12.2. The summed E-state index contributed by atoms with van der Waals surface area (Å²) in [6, 6.07) is 0. The van der Waals surface area contributed by atoms with Gasteiger partial charge in [0, 0.05) is 0 Å². The van der Waals surface area contributed by atoms with Gasteiger partial charge in [0.05, 0.1) is 0 Å². The number of hydrogen-bond donors (Lipinski definition) is 1. The zero-order chi connectivity index (χ0) is 13.9. The van der Waals surface area contributed by atoms with Crippen molar-refractivity contribution in [2.24, 2.45) is 0 Å². The first-order valence-electron chi connectivity index (χ1n) is 6.22. The van der Waals surface area contributed by atoms with Crippen LogP contribution in [0, 0.1) is 0 Å². The van der Waals surface area contributed by atoms with Crippen LogP contribution in [0.25, 0.3) is 0 Å². The first-order chi connectivity index (χ1) is 8.18. The van der Waals surface area contributed by atoms with E-state index in [0.717, 1.165) is 31.3 Å². The van der Waals surface area contributed by atoms with Crippen molar-refractivity contribution >= 4 is 17.3 Å². The molecule has 0 aliphatic carbocycles. The molecule has 0 spiro atoms. The molecular formula is C10H21F3NO2PS. The average Bonchev–Trinajstić information content (AvgIpc) is 2.73. The van der Waals surface area contributed by atoms with Gasteiger partial charge in [0.25, 0.3) is 0 Å². The third-order valence-corrected chi connectivity index (χ3v) is 11.1. The van der Waals surface area contributed by atoms with Crippen molar-refractivity contribution in [3.8, 4) is 0 Å². The van der Waals surface area contributed by atoms with Gasteiger partial charge in [-0.3, -0.25) is 0 Å². The van der Waals surface area contributed by atoms with E-state index in [1.54, 1.807) is 4.72 Å². The zero-order valence-electron chi connectivity index (χ0n) is 10.5. The molecule has 1 saturated heterocycles. The number of nitrogens with one attached hydrogen (secondary N) is 1. The fourth-order valence-corrected chi connectivity index (χ4v) is 9.67. The molecule has 1 aliphatic rings. The van der Waals surface area contributed by atoms with Gasteiger partial charge in [0.1, 0.15) is 0 Å². The monoisotopic (exact) mass is 307 g/mol. The molecule has 1 fully saturated rings. The first-order valence-corrected chi connectivity index (χ1v) is 10.7. The van der Waals surface area contributed by atoms with Crippen LogP contribution >= 0.6 is 7.26 Å². The van der Waals surface area contributed by atoms with Crippen LogP contribution < -0.4 is 4.72 Å². The fraction of sp³-hybridized carbons (Fsp3) is 1.00. The molecule has 3 nitrogen and oxygen atoms in total. The molecule has 0 saturated carbocycles. The molecule has 0 radical (unpaired) electrons. The molecule has 18 heavy (non-hydrogen) atoms. The van der Waals surface area contributed by atoms with E-state index in [9.17, 15) is 21.6 Å². The van der Waals surface area contributed by atoms with E-state index in [1.807, 2.05) is 0 Å². The molecule has 0 atom stereocenters. The van der Waals surface area contributed by atoms with E-state index in [2.05, 4.69) is 6.92 Å². The van der Waals surface area contributed by atoms with Gasteiger partial charge in [-0.1, -0.05) is 0 Å². The summed E-state index contributed by atoms with van der Waals surface area (Å²) in [5, 5.41) is 0. The number of sulfonamides is 1. The van der Waals surface area contributed by atoms with Crippen molar-refractivity contribution in [1.29, 1.82) is 0 Å². The molecule has 1 aliphatic heterocycles. The standard InChI is InChI=1S/C10H21F3NO2PS/c1-2-17(5-3-4-6-17)7-8-18(15,16)14-9-10(11,12)13/h14,17H,2-9H2,1H3. The van der Waals surface area contributed by atoms with Gasteiger partial charge in [-0.05, 0) is 0 Å². The molecule has 8 heteroatoms. The van der Waals surface area contributed by atoms with Gasteiger partial charge in [-0.25, -0.2) is 0 Å². The van der Waals surface area contributed by atoms with Crippen LogP contribution in [0.2, 0.25) is 0 Å². The van der Waals surface area contributed by atoms with Gasteiger partial charge in [-0.2, -0.15) is 0 Å². The fourth-order valence-electron chi connectivity index (χ4n) is 2.52. The molecule has 0 aromatic heterocycles. The van der Waals surface area contributed by atoms with Crippen LogP contribution in [0.3, 0.4) is 0 Å². The predicted molar refractivity (Wildman–Crippen MR) is 70.5 cm³/mol. The van der Waals surface area contributed by atoms with E-state index < -0.39 is 30.0 Å². The van der Waals surface area contributed by atoms with Gasteiger partial charge >= 0.3 is 106 Å². The Morgan fingerprint density at radius 1 is 1.22 bits per heavy atom. The maximum atomic E-state index is 12.0. The average molecular weight is 307 g/mol. The van der Waals surface area contributed by atoms with Crippen molar-refractivity contribution in [1.82, 2.24) is 4.72 Å². The van der Waals surface area contributed by atoms with Gasteiger partial charge < -0.3 is 0 Å². The summed E-state index contributed by atoms with van der Waals surface area (Å²) < 4.78 is 60.5. The van der Waals surface area contributed by atoms with Crippen LogP contribution in [-0.2, 0) is 10.0 Å². The van der Waals surface area contributed by atoms with Crippen molar-refractivity contribution in [3.05, 3.63) is 0 Å². The van der Waals surface area contributed by atoms with Crippen LogP contribution in [0.5, 0.6) is 0 Å². The Kier molecular flexibility index (Phi) is 5.44. The molecule has 1 rings (SSSR count). The normalized spacial score (nSPS) is 22.0. The van der Waals surface area contributed by atoms with E-state index in [0.29, 0.717) is 6.16 Å². The molecule has 1 heterocycles. The maximum absolute atomic E-state index is 12.0. The summed E-state index contributed by atoms with van der Waals surface area (Å²) in [4.78, 5) is 0. The van der Waals surface area contributed by atoms with E-state index in [1.165, 1.54) is 0 Å². The number of rotatable bonds is 6. The minimum absolute atomic E-state index is 0.150. The summed E-state index contributed by atoms with van der Waals surface area (Å²) in [7, 11) is -5.28. The SMILES string of the molecule is CC[PH]1(CCS(=O)(=O)NCC(F)(F)F)CCCC1. The van der Waals surface area contributed by atoms with E-state index in [-0.39, 0.29) is 5.75 Å². The van der Waals surface area contributed by atoms with Crippen LogP contribution in [-0.4, -0.2) is 51.5 Å². The summed E-state index contributed by atoms with van der Waals surface area (Å²) >= 11 is 0. The van der Waals surface area contributed by atoms with Crippen LogP contribution in [0.4, 0.5) is 13.2 Å². The Morgan fingerprint density at radius 2 is 1.78 bits per heavy atom. The topological polar surface area (TPSA) is 46.2 Å². The van der Waals surface area contributed by atoms with Crippen molar-refractivity contribution < 1.29 is 21.6 Å². The second-order valence-electron chi connectivity index (χ2n) is 5.07.